The zero-order valence-corrected chi connectivity index (χ0v) is 16.3. The summed E-state index contributed by atoms with van der Waals surface area (Å²) in [4.78, 5) is 32.5. The van der Waals surface area contributed by atoms with Gasteiger partial charge in [-0.05, 0) is 51.7 Å². The maximum absolute atomic E-state index is 13.4. The number of fused-ring (bicyclic) bond motifs is 5. The Hall–Kier alpha value is -2.63. The van der Waals surface area contributed by atoms with E-state index in [2.05, 4.69) is 11.9 Å². The summed E-state index contributed by atoms with van der Waals surface area (Å²) in [6, 6.07) is 5.73. The van der Waals surface area contributed by atoms with E-state index in [1.807, 2.05) is 48.4 Å². The molecule has 0 aliphatic carbocycles. The van der Waals surface area contributed by atoms with Crippen LogP contribution in [-0.2, 0) is 11.2 Å². The molecule has 2 aliphatic rings. The van der Waals surface area contributed by atoms with Crippen LogP contribution in [0.3, 0.4) is 0 Å². The first-order valence-corrected chi connectivity index (χ1v) is 9.55. The first-order chi connectivity index (χ1) is 12.8. The van der Waals surface area contributed by atoms with Crippen molar-refractivity contribution in [2.24, 2.45) is 0 Å². The van der Waals surface area contributed by atoms with Crippen molar-refractivity contribution in [1.29, 1.82) is 0 Å². The van der Waals surface area contributed by atoms with Gasteiger partial charge >= 0.3 is 5.97 Å². The van der Waals surface area contributed by atoms with Gasteiger partial charge in [-0.15, -0.1) is 0 Å². The molecule has 1 saturated heterocycles. The number of amides is 1. The van der Waals surface area contributed by atoms with Gasteiger partial charge < -0.3 is 9.64 Å². The second-order valence-electron chi connectivity index (χ2n) is 8.17. The number of hydrogen-bond acceptors (Lipinski definition) is 4. The van der Waals surface area contributed by atoms with E-state index in [0.29, 0.717) is 12.2 Å². The summed E-state index contributed by atoms with van der Waals surface area (Å²) >= 11 is 0. The Balaban J connectivity index is 1.93. The maximum atomic E-state index is 13.4. The minimum absolute atomic E-state index is 0.0452. The highest BCUT2D eigenvalue weighted by Gasteiger charge is 2.41. The number of imidazole rings is 1. The van der Waals surface area contributed by atoms with Gasteiger partial charge in [0.2, 0.25) is 0 Å². The molecular weight excluding hydrogens is 342 g/mol. The number of aryl methyl sites for hydroxylation is 1. The van der Waals surface area contributed by atoms with Gasteiger partial charge in [-0.3, -0.25) is 9.36 Å². The third kappa shape index (κ3) is 2.83. The van der Waals surface area contributed by atoms with Gasteiger partial charge in [-0.2, -0.15) is 0 Å². The molecule has 0 unspecified atom stereocenters. The van der Waals surface area contributed by atoms with Crippen LogP contribution in [-0.4, -0.2) is 38.5 Å². The molecule has 0 radical (unpaired) electrons. The summed E-state index contributed by atoms with van der Waals surface area (Å²) in [6.45, 7) is 8.27. The molecule has 1 aromatic carbocycles. The summed E-state index contributed by atoms with van der Waals surface area (Å²) < 4.78 is 7.50. The molecule has 1 atom stereocenters. The Kier molecular flexibility index (Phi) is 4.09. The second-order valence-corrected chi connectivity index (χ2v) is 8.17. The molecule has 1 fully saturated rings. The first kappa shape index (κ1) is 17.8. The van der Waals surface area contributed by atoms with Crippen LogP contribution in [0, 0.1) is 0 Å². The smallest absolute Gasteiger partial charge is 0.359 e. The molecule has 3 heterocycles. The average molecular weight is 367 g/mol. The van der Waals surface area contributed by atoms with E-state index in [4.69, 9.17) is 4.74 Å². The monoisotopic (exact) mass is 367 g/mol. The summed E-state index contributed by atoms with van der Waals surface area (Å²) in [5.74, 6) is -0.394. The van der Waals surface area contributed by atoms with Gasteiger partial charge in [-0.1, -0.05) is 19.1 Å². The Labute approximate surface area is 159 Å². The van der Waals surface area contributed by atoms with Gasteiger partial charge in [0, 0.05) is 6.54 Å². The van der Waals surface area contributed by atoms with E-state index in [1.54, 1.807) is 6.33 Å². The van der Waals surface area contributed by atoms with Gasteiger partial charge in [0.15, 0.2) is 5.69 Å². The van der Waals surface area contributed by atoms with E-state index in [0.717, 1.165) is 41.8 Å². The van der Waals surface area contributed by atoms with Gasteiger partial charge in [0.05, 0.1) is 23.0 Å². The van der Waals surface area contributed by atoms with Crippen molar-refractivity contribution in [2.45, 2.75) is 58.6 Å². The predicted octanol–water partition coefficient (Wildman–Crippen LogP) is 3.68. The third-order valence-corrected chi connectivity index (χ3v) is 5.21. The Morgan fingerprint density at radius 3 is 2.81 bits per heavy atom. The molecule has 6 heteroatoms. The quantitative estimate of drug-likeness (QED) is 0.760. The van der Waals surface area contributed by atoms with Gasteiger partial charge in [-0.25, -0.2) is 9.78 Å². The van der Waals surface area contributed by atoms with Gasteiger partial charge in [0.1, 0.15) is 11.9 Å². The molecule has 4 rings (SSSR count). The van der Waals surface area contributed by atoms with Gasteiger partial charge in [0.25, 0.3) is 5.91 Å². The topological polar surface area (TPSA) is 64.4 Å². The van der Waals surface area contributed by atoms with E-state index in [1.165, 1.54) is 0 Å². The van der Waals surface area contributed by atoms with Crippen LogP contribution in [0.15, 0.2) is 24.5 Å². The van der Waals surface area contributed by atoms with Crippen molar-refractivity contribution < 1.29 is 14.3 Å². The summed E-state index contributed by atoms with van der Waals surface area (Å²) in [5.41, 5.74) is 3.01. The predicted molar refractivity (Wildman–Crippen MR) is 101 cm³/mol. The van der Waals surface area contributed by atoms with Crippen LogP contribution in [0.5, 0.6) is 0 Å². The lowest BCUT2D eigenvalue weighted by Crippen LogP contribution is -2.31. The first-order valence-electron chi connectivity index (χ1n) is 9.55. The van der Waals surface area contributed by atoms with Crippen molar-refractivity contribution in [1.82, 2.24) is 14.5 Å². The average Bonchev–Trinajstić information content (AvgIpc) is 3.23. The highest BCUT2D eigenvalue weighted by Crippen LogP contribution is 2.40. The number of aromatic nitrogens is 2. The number of ether oxygens (including phenoxy) is 1. The minimum Gasteiger partial charge on any atom is -0.455 e. The molecule has 1 amide bonds. The molecule has 0 spiro atoms. The zero-order chi connectivity index (χ0) is 19.3. The molecule has 2 aromatic rings. The SMILES string of the molecule is CCc1cccc2c1C(=O)N1CCC[C@H]1c1c(C(=O)OC(C)(C)C)ncn1-2. The van der Waals surface area contributed by atoms with Crippen LogP contribution >= 0.6 is 0 Å². The Morgan fingerprint density at radius 1 is 1.33 bits per heavy atom. The molecule has 27 heavy (non-hydrogen) atoms. The molecular formula is C21H25N3O3. The van der Waals surface area contributed by atoms with Crippen molar-refractivity contribution in [3.05, 3.63) is 47.0 Å². The molecule has 2 aliphatic heterocycles. The molecule has 142 valence electrons. The largest absolute Gasteiger partial charge is 0.455 e. The second kappa shape index (κ2) is 6.22. The van der Waals surface area contributed by atoms with E-state index < -0.39 is 11.6 Å². The fourth-order valence-corrected chi connectivity index (χ4v) is 4.12. The molecule has 1 aromatic heterocycles. The lowest BCUT2D eigenvalue weighted by Gasteiger charge is -2.24. The van der Waals surface area contributed by atoms with Crippen molar-refractivity contribution >= 4 is 11.9 Å². The normalized spacial score (nSPS) is 18.6. The number of hydrogen-bond donors (Lipinski definition) is 0. The maximum Gasteiger partial charge on any atom is 0.359 e. The van der Waals surface area contributed by atoms with E-state index in [-0.39, 0.29) is 11.9 Å². The number of nitrogens with zero attached hydrogens (tertiary/aromatic N) is 3. The highest BCUT2D eigenvalue weighted by atomic mass is 16.6. The van der Waals surface area contributed by atoms with E-state index >= 15 is 0 Å². The van der Waals surface area contributed by atoms with Crippen LogP contribution in [0.1, 0.15) is 78.7 Å². The number of esters is 1. The third-order valence-electron chi connectivity index (χ3n) is 5.21. The molecule has 0 saturated carbocycles. The fraction of sp³-hybridized carbons (Fsp3) is 0.476. The Bertz CT molecular complexity index is 923. The lowest BCUT2D eigenvalue weighted by atomic mass is 10.0. The molecule has 0 bridgehead atoms. The van der Waals surface area contributed by atoms with Crippen LogP contribution in [0.25, 0.3) is 5.69 Å². The minimum atomic E-state index is -0.600. The summed E-state index contributed by atoms with van der Waals surface area (Å²) in [5, 5.41) is 0. The van der Waals surface area contributed by atoms with Crippen molar-refractivity contribution in [3.63, 3.8) is 0 Å². The van der Waals surface area contributed by atoms with Crippen LogP contribution in [0.2, 0.25) is 0 Å². The van der Waals surface area contributed by atoms with Crippen molar-refractivity contribution in [3.8, 4) is 5.69 Å². The highest BCUT2D eigenvalue weighted by molar-refractivity contribution is 6.01. The molecule has 0 N–H and O–H groups in total. The van der Waals surface area contributed by atoms with Crippen molar-refractivity contribution in [2.75, 3.05) is 6.54 Å². The summed E-state index contributed by atoms with van der Waals surface area (Å²) in [7, 11) is 0. The van der Waals surface area contributed by atoms with Crippen LogP contribution in [0.4, 0.5) is 0 Å². The molecule has 6 nitrogen and oxygen atoms in total. The fourth-order valence-electron chi connectivity index (χ4n) is 4.12. The Morgan fingerprint density at radius 2 is 2.11 bits per heavy atom. The lowest BCUT2D eigenvalue weighted by molar-refractivity contribution is 0.00595. The standard InChI is InChI=1S/C21H25N3O3/c1-5-13-8-6-9-14-16(13)19(25)23-11-7-10-15(23)18-17(22-12-24(14)18)20(26)27-21(2,3)4/h6,8-9,12,15H,5,7,10-11H2,1-4H3/t15-/m0/s1. The number of rotatable bonds is 2. The summed E-state index contributed by atoms with van der Waals surface area (Å²) in [6.07, 6.45) is 4.17. The number of carbonyl (C=O) groups excluding carboxylic acids is 2. The number of benzene rings is 1. The number of carbonyl (C=O) groups is 2. The van der Waals surface area contributed by atoms with Crippen LogP contribution < -0.4 is 0 Å². The van der Waals surface area contributed by atoms with E-state index in [9.17, 15) is 9.59 Å². The zero-order valence-electron chi connectivity index (χ0n) is 16.3.